The molecular weight excluding hydrogens is 288 g/mol. The van der Waals surface area contributed by atoms with Crippen LogP contribution in [0.5, 0.6) is 0 Å². The first-order chi connectivity index (χ1) is 11.3. The average molecular weight is 308 g/mol. The van der Waals surface area contributed by atoms with Crippen LogP contribution in [-0.2, 0) is 11.2 Å². The van der Waals surface area contributed by atoms with E-state index in [0.717, 1.165) is 36.2 Å². The third kappa shape index (κ3) is 2.86. The number of anilines is 1. The maximum atomic E-state index is 9.52. The molecule has 5 heteroatoms. The molecule has 0 saturated carbocycles. The summed E-state index contributed by atoms with van der Waals surface area (Å²) in [5.41, 5.74) is 10.4. The third-order valence-corrected chi connectivity index (χ3v) is 4.06. The molecule has 2 heterocycles. The summed E-state index contributed by atoms with van der Waals surface area (Å²) in [4.78, 5) is 0. The van der Waals surface area contributed by atoms with Gasteiger partial charge in [-0.25, -0.2) is 5.01 Å². The molecule has 0 unspecified atom stereocenters. The number of aryl methyl sites for hydroxylation is 1. The lowest BCUT2D eigenvalue weighted by atomic mass is 9.98. The maximum absolute atomic E-state index is 9.52. The predicted molar refractivity (Wildman–Crippen MR) is 90.7 cm³/mol. The Bertz CT molecular complexity index is 740. The van der Waals surface area contributed by atoms with Crippen molar-refractivity contribution in [2.75, 3.05) is 18.2 Å². The molecule has 23 heavy (non-hydrogen) atoms. The molecule has 118 valence electrons. The lowest BCUT2D eigenvalue weighted by Gasteiger charge is -2.30. The Kier molecular flexibility index (Phi) is 4.45. The van der Waals surface area contributed by atoms with Gasteiger partial charge in [-0.2, -0.15) is 10.4 Å². The average Bonchev–Trinajstić information content (AvgIpc) is 2.60. The summed E-state index contributed by atoms with van der Waals surface area (Å²) in [6, 6.07) is 10.3. The fourth-order valence-corrected chi connectivity index (χ4v) is 2.84. The quantitative estimate of drug-likeness (QED) is 0.928. The molecule has 5 nitrogen and oxygen atoms in total. The maximum Gasteiger partial charge on any atom is 0.144 e. The van der Waals surface area contributed by atoms with Crippen LogP contribution in [0.3, 0.4) is 0 Å². The number of hydrazone groups is 1. The Hall–Kier alpha value is -2.58. The zero-order chi connectivity index (χ0) is 16.2. The highest BCUT2D eigenvalue weighted by Crippen LogP contribution is 2.31. The van der Waals surface area contributed by atoms with E-state index >= 15 is 0 Å². The van der Waals surface area contributed by atoms with Crippen molar-refractivity contribution in [3.8, 4) is 6.07 Å². The SMILES string of the molecule is CCCCc1ccccc1N1N=C2COCC=C2C(C#N)=C1N. The standard InChI is InChI=1S/C18H20N4O/c1-2-3-6-13-7-4-5-8-17(13)22-18(20)15(11-19)14-9-10-23-12-16(14)21-22/h4-5,7-9H,2-3,6,10,12,20H2,1H3. The van der Waals surface area contributed by atoms with Crippen molar-refractivity contribution >= 4 is 11.4 Å². The number of rotatable bonds is 4. The van der Waals surface area contributed by atoms with Crippen LogP contribution in [0.1, 0.15) is 25.3 Å². The van der Waals surface area contributed by atoms with Gasteiger partial charge >= 0.3 is 0 Å². The van der Waals surface area contributed by atoms with Gasteiger partial charge in [0.25, 0.3) is 0 Å². The van der Waals surface area contributed by atoms with Crippen molar-refractivity contribution in [3.63, 3.8) is 0 Å². The number of hydrogen-bond acceptors (Lipinski definition) is 5. The number of hydrogen-bond donors (Lipinski definition) is 1. The summed E-state index contributed by atoms with van der Waals surface area (Å²) in [6.07, 6.45) is 5.05. The first-order valence-electron chi connectivity index (χ1n) is 7.90. The number of unbranched alkanes of at least 4 members (excludes halogenated alkanes) is 1. The number of nitrogens with two attached hydrogens (primary N) is 1. The van der Waals surface area contributed by atoms with Crippen LogP contribution in [0.2, 0.25) is 0 Å². The van der Waals surface area contributed by atoms with Gasteiger partial charge in [-0.05, 0) is 30.5 Å². The van der Waals surface area contributed by atoms with Crippen molar-refractivity contribution in [1.82, 2.24) is 0 Å². The number of ether oxygens (including phenoxy) is 1. The lowest BCUT2D eigenvalue weighted by Crippen LogP contribution is -2.34. The first kappa shape index (κ1) is 15.3. The Morgan fingerprint density at radius 2 is 2.22 bits per heavy atom. The second-order valence-corrected chi connectivity index (χ2v) is 5.60. The number of benzene rings is 1. The number of allylic oxidation sites excluding steroid dienone is 1. The Labute approximate surface area is 136 Å². The highest BCUT2D eigenvalue weighted by atomic mass is 16.5. The summed E-state index contributed by atoms with van der Waals surface area (Å²) in [6.45, 7) is 3.06. The van der Waals surface area contributed by atoms with Crippen LogP contribution < -0.4 is 10.7 Å². The largest absolute Gasteiger partial charge is 0.383 e. The van der Waals surface area contributed by atoms with Gasteiger partial charge in [0.05, 0.1) is 24.6 Å². The molecule has 0 saturated heterocycles. The van der Waals surface area contributed by atoms with Crippen molar-refractivity contribution in [3.05, 3.63) is 52.9 Å². The predicted octanol–water partition coefficient (Wildman–Crippen LogP) is 2.86. The molecule has 1 aromatic rings. The van der Waals surface area contributed by atoms with Gasteiger partial charge in [0.15, 0.2) is 0 Å². The molecule has 0 spiro atoms. The second-order valence-electron chi connectivity index (χ2n) is 5.60. The molecule has 0 radical (unpaired) electrons. The van der Waals surface area contributed by atoms with Crippen molar-refractivity contribution in [2.45, 2.75) is 26.2 Å². The molecule has 3 rings (SSSR count). The summed E-state index contributed by atoms with van der Waals surface area (Å²) in [5.74, 6) is 0.383. The van der Waals surface area contributed by atoms with Crippen molar-refractivity contribution in [2.24, 2.45) is 10.8 Å². The van der Waals surface area contributed by atoms with Gasteiger partial charge in [-0.3, -0.25) is 0 Å². The van der Waals surface area contributed by atoms with Crippen LogP contribution >= 0.6 is 0 Å². The molecular formula is C18H20N4O. The van der Waals surface area contributed by atoms with E-state index < -0.39 is 0 Å². The minimum atomic E-state index is 0.383. The van der Waals surface area contributed by atoms with E-state index in [2.05, 4.69) is 24.2 Å². The molecule has 1 aromatic carbocycles. The Balaban J connectivity index is 2.06. The highest BCUT2D eigenvalue weighted by molar-refractivity contribution is 6.08. The first-order valence-corrected chi connectivity index (χ1v) is 7.90. The van der Waals surface area contributed by atoms with E-state index in [0.29, 0.717) is 24.6 Å². The van der Waals surface area contributed by atoms with E-state index in [9.17, 15) is 5.26 Å². The smallest absolute Gasteiger partial charge is 0.144 e. The summed E-state index contributed by atoms with van der Waals surface area (Å²) >= 11 is 0. The summed E-state index contributed by atoms with van der Waals surface area (Å²) in [5, 5.41) is 15.9. The molecule has 0 atom stereocenters. The van der Waals surface area contributed by atoms with Crippen LogP contribution in [0.25, 0.3) is 0 Å². The fraction of sp³-hybridized carbons (Fsp3) is 0.333. The molecule has 0 aromatic heterocycles. The van der Waals surface area contributed by atoms with E-state index in [-0.39, 0.29) is 0 Å². The molecule has 2 N–H and O–H groups in total. The van der Waals surface area contributed by atoms with E-state index in [1.54, 1.807) is 5.01 Å². The normalized spacial score (nSPS) is 17.3. The highest BCUT2D eigenvalue weighted by Gasteiger charge is 2.28. The number of fused-ring (bicyclic) bond motifs is 1. The van der Waals surface area contributed by atoms with Gasteiger partial charge in [-0.15, -0.1) is 0 Å². The topological polar surface area (TPSA) is 74.6 Å². The van der Waals surface area contributed by atoms with Gasteiger partial charge in [0.2, 0.25) is 0 Å². The molecule has 0 amide bonds. The minimum Gasteiger partial charge on any atom is -0.383 e. The van der Waals surface area contributed by atoms with E-state index in [1.165, 1.54) is 5.56 Å². The van der Waals surface area contributed by atoms with Crippen molar-refractivity contribution in [1.29, 1.82) is 5.26 Å². The van der Waals surface area contributed by atoms with E-state index in [1.807, 2.05) is 24.3 Å². The molecule has 2 aliphatic heterocycles. The molecule has 2 aliphatic rings. The molecule has 0 fully saturated rings. The van der Waals surface area contributed by atoms with Gasteiger partial charge in [-0.1, -0.05) is 31.5 Å². The van der Waals surface area contributed by atoms with Crippen molar-refractivity contribution < 1.29 is 4.74 Å². The molecule has 0 bridgehead atoms. The van der Waals surface area contributed by atoms with Gasteiger partial charge in [0, 0.05) is 5.57 Å². The Morgan fingerprint density at radius 1 is 1.39 bits per heavy atom. The zero-order valence-corrected chi connectivity index (χ0v) is 13.2. The Morgan fingerprint density at radius 3 is 3.00 bits per heavy atom. The van der Waals surface area contributed by atoms with Crippen LogP contribution in [0, 0.1) is 11.3 Å². The van der Waals surface area contributed by atoms with E-state index in [4.69, 9.17) is 10.5 Å². The van der Waals surface area contributed by atoms with Crippen LogP contribution in [-0.4, -0.2) is 18.9 Å². The zero-order valence-electron chi connectivity index (χ0n) is 13.2. The third-order valence-electron chi connectivity index (χ3n) is 4.06. The number of para-hydroxylation sites is 1. The summed E-state index contributed by atoms with van der Waals surface area (Å²) in [7, 11) is 0. The van der Waals surface area contributed by atoms with Gasteiger partial charge < -0.3 is 10.5 Å². The molecule has 0 aliphatic carbocycles. The van der Waals surface area contributed by atoms with Gasteiger partial charge in [0.1, 0.15) is 17.5 Å². The lowest BCUT2D eigenvalue weighted by molar-refractivity contribution is 0.199. The monoisotopic (exact) mass is 308 g/mol. The van der Waals surface area contributed by atoms with Crippen LogP contribution in [0.4, 0.5) is 5.69 Å². The fourth-order valence-electron chi connectivity index (χ4n) is 2.84. The van der Waals surface area contributed by atoms with Crippen LogP contribution in [0.15, 0.2) is 52.4 Å². The number of nitriles is 1. The summed E-state index contributed by atoms with van der Waals surface area (Å²) < 4.78 is 5.44. The minimum absolute atomic E-state index is 0.383. The number of nitrogens with zero attached hydrogens (tertiary/aromatic N) is 3. The second kappa shape index (κ2) is 6.67.